The lowest BCUT2D eigenvalue weighted by molar-refractivity contribution is -0.121. The van der Waals surface area contributed by atoms with Crippen LogP contribution in [0.15, 0.2) is 69.8 Å². The number of benzene rings is 2. The van der Waals surface area contributed by atoms with Gasteiger partial charge in [0.25, 0.3) is 5.91 Å². The quantitative estimate of drug-likeness (QED) is 0.803. The number of aliphatic imine (C=N–C) groups is 1. The number of rotatable bonds is 5. The van der Waals surface area contributed by atoms with Crippen LogP contribution in [-0.4, -0.2) is 22.2 Å². The van der Waals surface area contributed by atoms with Crippen LogP contribution in [0.1, 0.15) is 6.42 Å². The van der Waals surface area contributed by atoms with Crippen molar-refractivity contribution in [3.05, 3.63) is 54.6 Å². The van der Waals surface area contributed by atoms with Crippen molar-refractivity contribution in [3.63, 3.8) is 0 Å². The summed E-state index contributed by atoms with van der Waals surface area (Å²) in [5, 5.41) is 10.7. The number of nitrogens with two attached hydrogens (primary N) is 1. The number of thioether (sulfide) groups is 1. The highest BCUT2D eigenvalue weighted by Gasteiger charge is 2.29. The molecule has 0 aliphatic carbocycles. The maximum atomic E-state index is 12.0. The van der Waals surface area contributed by atoms with E-state index in [2.05, 4.69) is 20.5 Å². The van der Waals surface area contributed by atoms with E-state index in [0.717, 1.165) is 17.4 Å². The Bertz CT molecular complexity index is 834. The standard InChI is InChI=1S/C17H15N5O2S/c18-17-20-16(24)14(25-17)10-15(23)19-11-6-8-13(9-7-11)22-21-12-4-2-1-3-5-12/h1-9,14H,10H2,(H,19,23)(H2,18,20,24). The van der Waals surface area contributed by atoms with Crippen molar-refractivity contribution in [2.75, 3.05) is 5.32 Å². The SMILES string of the molecule is NC1=NC(=O)C(CC(=O)Nc2ccc(N=Nc3ccccc3)cc2)S1. The van der Waals surface area contributed by atoms with Gasteiger partial charge in [-0.25, -0.2) is 0 Å². The highest BCUT2D eigenvalue weighted by atomic mass is 32.2. The topological polar surface area (TPSA) is 109 Å². The molecular formula is C17H15N5O2S. The maximum Gasteiger partial charge on any atom is 0.262 e. The molecule has 0 saturated carbocycles. The Hall–Kier alpha value is -3.00. The van der Waals surface area contributed by atoms with Gasteiger partial charge < -0.3 is 11.1 Å². The Kier molecular flexibility index (Phi) is 5.20. The fourth-order valence-electron chi connectivity index (χ4n) is 2.13. The van der Waals surface area contributed by atoms with E-state index in [9.17, 15) is 9.59 Å². The first-order valence-electron chi connectivity index (χ1n) is 7.51. The summed E-state index contributed by atoms with van der Waals surface area (Å²) in [6, 6.07) is 16.4. The molecule has 2 aromatic rings. The molecule has 2 aromatic carbocycles. The van der Waals surface area contributed by atoms with Crippen molar-refractivity contribution >= 4 is 45.8 Å². The summed E-state index contributed by atoms with van der Waals surface area (Å²) in [5.41, 5.74) is 7.53. The molecule has 3 rings (SSSR count). The van der Waals surface area contributed by atoms with Crippen LogP contribution in [0, 0.1) is 0 Å². The molecule has 1 atom stereocenters. The number of nitrogens with zero attached hydrogens (tertiary/aromatic N) is 3. The molecular weight excluding hydrogens is 338 g/mol. The van der Waals surface area contributed by atoms with Crippen LogP contribution in [0.4, 0.5) is 17.1 Å². The van der Waals surface area contributed by atoms with Gasteiger partial charge in [0.05, 0.1) is 11.4 Å². The first kappa shape index (κ1) is 16.8. The number of azo groups is 1. The second-order valence-electron chi connectivity index (χ2n) is 5.23. The number of amidine groups is 1. The molecule has 0 spiro atoms. The lowest BCUT2D eigenvalue weighted by Gasteiger charge is -2.08. The van der Waals surface area contributed by atoms with Crippen molar-refractivity contribution < 1.29 is 9.59 Å². The summed E-state index contributed by atoms with van der Waals surface area (Å²) in [6.45, 7) is 0. The normalized spacial score (nSPS) is 16.9. The Morgan fingerprint density at radius 3 is 2.32 bits per heavy atom. The molecule has 0 saturated heterocycles. The first-order chi connectivity index (χ1) is 12.1. The predicted molar refractivity (Wildman–Crippen MR) is 98.3 cm³/mol. The Balaban J connectivity index is 1.55. The van der Waals surface area contributed by atoms with Crippen molar-refractivity contribution in [2.45, 2.75) is 11.7 Å². The van der Waals surface area contributed by atoms with Gasteiger partial charge >= 0.3 is 0 Å². The molecule has 0 fully saturated rings. The number of carbonyl (C=O) groups excluding carboxylic acids is 2. The molecule has 1 aliphatic heterocycles. The molecule has 0 bridgehead atoms. The largest absolute Gasteiger partial charge is 0.378 e. The smallest absolute Gasteiger partial charge is 0.262 e. The number of amides is 2. The molecule has 7 nitrogen and oxygen atoms in total. The Morgan fingerprint density at radius 2 is 1.72 bits per heavy atom. The average Bonchev–Trinajstić information content (AvgIpc) is 2.92. The minimum absolute atomic E-state index is 0.0309. The van der Waals surface area contributed by atoms with Gasteiger partial charge in [-0.3, -0.25) is 9.59 Å². The van der Waals surface area contributed by atoms with Gasteiger partial charge in [0.15, 0.2) is 5.17 Å². The third-order valence-electron chi connectivity index (χ3n) is 3.32. The number of anilines is 1. The van der Waals surface area contributed by atoms with Gasteiger partial charge in [0, 0.05) is 12.1 Å². The summed E-state index contributed by atoms with van der Waals surface area (Å²) in [5.74, 6) is -0.635. The van der Waals surface area contributed by atoms with Gasteiger partial charge in [-0.15, -0.1) is 0 Å². The maximum absolute atomic E-state index is 12.0. The fraction of sp³-hybridized carbons (Fsp3) is 0.118. The third kappa shape index (κ3) is 4.74. The number of hydrogen-bond donors (Lipinski definition) is 2. The van der Waals surface area contributed by atoms with E-state index < -0.39 is 5.25 Å². The van der Waals surface area contributed by atoms with Crippen LogP contribution in [0.3, 0.4) is 0 Å². The van der Waals surface area contributed by atoms with Crippen LogP contribution in [0.2, 0.25) is 0 Å². The van der Waals surface area contributed by atoms with Crippen LogP contribution in [-0.2, 0) is 9.59 Å². The lowest BCUT2D eigenvalue weighted by Crippen LogP contribution is -2.21. The minimum atomic E-state index is -0.543. The summed E-state index contributed by atoms with van der Waals surface area (Å²) < 4.78 is 0. The van der Waals surface area contributed by atoms with Crippen LogP contribution >= 0.6 is 11.8 Å². The van der Waals surface area contributed by atoms with E-state index in [0.29, 0.717) is 11.4 Å². The zero-order valence-electron chi connectivity index (χ0n) is 13.1. The van der Waals surface area contributed by atoms with Crippen LogP contribution in [0.25, 0.3) is 0 Å². The summed E-state index contributed by atoms with van der Waals surface area (Å²) in [4.78, 5) is 27.1. The summed E-state index contributed by atoms with van der Waals surface area (Å²) in [6.07, 6.45) is 0.0309. The minimum Gasteiger partial charge on any atom is -0.378 e. The lowest BCUT2D eigenvalue weighted by atomic mass is 10.2. The fourth-order valence-corrected chi connectivity index (χ4v) is 2.96. The zero-order chi connectivity index (χ0) is 17.6. The van der Waals surface area contributed by atoms with Gasteiger partial charge in [0.1, 0.15) is 5.25 Å². The average molecular weight is 353 g/mol. The summed E-state index contributed by atoms with van der Waals surface area (Å²) >= 11 is 1.11. The van der Waals surface area contributed by atoms with Crippen LogP contribution < -0.4 is 11.1 Å². The second kappa shape index (κ2) is 7.71. The highest BCUT2D eigenvalue weighted by molar-refractivity contribution is 8.15. The molecule has 8 heteroatoms. The number of hydrogen-bond acceptors (Lipinski definition) is 6. The second-order valence-corrected chi connectivity index (χ2v) is 6.45. The number of nitrogens with one attached hydrogen (secondary N) is 1. The van der Waals surface area contributed by atoms with Gasteiger partial charge in [-0.2, -0.15) is 15.2 Å². The van der Waals surface area contributed by atoms with Crippen molar-refractivity contribution in [1.29, 1.82) is 0 Å². The molecule has 0 aromatic heterocycles. The first-order valence-corrected chi connectivity index (χ1v) is 8.39. The van der Waals surface area contributed by atoms with E-state index in [4.69, 9.17) is 5.73 Å². The molecule has 2 amide bonds. The van der Waals surface area contributed by atoms with E-state index in [1.165, 1.54) is 0 Å². The van der Waals surface area contributed by atoms with E-state index in [-0.39, 0.29) is 23.4 Å². The van der Waals surface area contributed by atoms with E-state index >= 15 is 0 Å². The molecule has 1 unspecified atom stereocenters. The molecule has 0 radical (unpaired) electrons. The molecule has 25 heavy (non-hydrogen) atoms. The van der Waals surface area contributed by atoms with Gasteiger partial charge in [0.2, 0.25) is 5.91 Å². The Morgan fingerprint density at radius 1 is 1.08 bits per heavy atom. The summed E-state index contributed by atoms with van der Waals surface area (Å²) in [7, 11) is 0. The zero-order valence-corrected chi connectivity index (χ0v) is 13.9. The molecule has 126 valence electrons. The van der Waals surface area contributed by atoms with Crippen LogP contribution in [0.5, 0.6) is 0 Å². The van der Waals surface area contributed by atoms with Crippen molar-refractivity contribution in [1.82, 2.24) is 0 Å². The van der Waals surface area contributed by atoms with E-state index in [1.807, 2.05) is 30.3 Å². The van der Waals surface area contributed by atoms with Gasteiger partial charge in [-0.05, 0) is 36.4 Å². The third-order valence-corrected chi connectivity index (χ3v) is 4.30. The molecule has 1 heterocycles. The van der Waals surface area contributed by atoms with E-state index in [1.54, 1.807) is 24.3 Å². The highest BCUT2D eigenvalue weighted by Crippen LogP contribution is 2.24. The molecule has 1 aliphatic rings. The Labute approximate surface area is 148 Å². The van der Waals surface area contributed by atoms with Crippen molar-refractivity contribution in [2.24, 2.45) is 21.0 Å². The predicted octanol–water partition coefficient (Wildman–Crippen LogP) is 3.39. The number of carbonyl (C=O) groups is 2. The van der Waals surface area contributed by atoms with Gasteiger partial charge in [-0.1, -0.05) is 30.0 Å². The molecule has 3 N–H and O–H groups in total. The monoisotopic (exact) mass is 353 g/mol. The van der Waals surface area contributed by atoms with Crippen molar-refractivity contribution in [3.8, 4) is 0 Å².